The van der Waals surface area contributed by atoms with Gasteiger partial charge in [-0.05, 0) is 31.5 Å². The number of halogens is 1. The molecule has 0 bridgehead atoms. The molecule has 0 fully saturated rings. The van der Waals surface area contributed by atoms with Crippen LogP contribution in [0.15, 0.2) is 81.8 Å². The highest BCUT2D eigenvalue weighted by Crippen LogP contribution is 2.33. The minimum atomic E-state index is 0.248. The van der Waals surface area contributed by atoms with Crippen LogP contribution < -0.4 is 0 Å². The van der Waals surface area contributed by atoms with E-state index in [-0.39, 0.29) is 5.84 Å². The largest absolute Gasteiger partial charge is 0.456 e. The van der Waals surface area contributed by atoms with Gasteiger partial charge in [0.05, 0.1) is 0 Å². The number of fused-ring (bicyclic) bond motifs is 3. The zero-order valence-corrected chi connectivity index (χ0v) is 15.0. The first-order chi connectivity index (χ1) is 12.6. The van der Waals surface area contributed by atoms with E-state index >= 15 is 0 Å². The number of rotatable bonds is 2. The third-order valence-corrected chi connectivity index (χ3v) is 4.62. The van der Waals surface area contributed by atoms with Gasteiger partial charge in [0.25, 0.3) is 0 Å². The molecule has 26 heavy (non-hydrogen) atoms. The van der Waals surface area contributed by atoms with Crippen molar-refractivity contribution in [3.05, 3.63) is 82.9 Å². The number of nitrogens with zero attached hydrogens (tertiary/aromatic N) is 1. The molecule has 0 saturated carbocycles. The molecule has 4 rings (SSSR count). The average Bonchev–Trinajstić information content (AvgIpc) is 2.80. The summed E-state index contributed by atoms with van der Waals surface area (Å²) in [6, 6.07) is 11.5. The lowest BCUT2D eigenvalue weighted by molar-refractivity contribution is 0.669. The lowest BCUT2D eigenvalue weighted by Crippen LogP contribution is -2.03. The lowest BCUT2D eigenvalue weighted by atomic mass is 10.0. The minimum Gasteiger partial charge on any atom is -0.456 e. The lowest BCUT2D eigenvalue weighted by Gasteiger charge is -2.05. The number of amidine groups is 1. The fourth-order valence-electron chi connectivity index (χ4n) is 3.13. The van der Waals surface area contributed by atoms with Crippen molar-refractivity contribution in [2.45, 2.75) is 13.3 Å². The molecule has 1 aliphatic rings. The van der Waals surface area contributed by atoms with Gasteiger partial charge in [-0.25, -0.2) is 4.99 Å². The number of hydrogen-bond donors (Lipinski definition) is 1. The van der Waals surface area contributed by atoms with Crippen LogP contribution in [-0.4, -0.2) is 11.5 Å². The molecule has 3 aromatic rings. The van der Waals surface area contributed by atoms with Crippen LogP contribution in [0.1, 0.15) is 18.9 Å². The van der Waals surface area contributed by atoms with Gasteiger partial charge >= 0.3 is 0 Å². The number of hydrogen-bond acceptors (Lipinski definition) is 2. The summed E-state index contributed by atoms with van der Waals surface area (Å²) >= 11 is 6.09. The van der Waals surface area contributed by atoms with Crippen molar-refractivity contribution in [1.29, 1.82) is 5.41 Å². The van der Waals surface area contributed by atoms with Crippen LogP contribution in [0.25, 0.3) is 21.9 Å². The van der Waals surface area contributed by atoms with Gasteiger partial charge in [-0.1, -0.05) is 54.1 Å². The van der Waals surface area contributed by atoms with Crippen LogP contribution in [0.5, 0.6) is 0 Å². The second-order valence-corrected chi connectivity index (χ2v) is 6.59. The molecule has 1 aromatic heterocycles. The van der Waals surface area contributed by atoms with Crippen molar-refractivity contribution in [2.24, 2.45) is 4.99 Å². The van der Waals surface area contributed by atoms with Gasteiger partial charge in [0.1, 0.15) is 11.2 Å². The van der Waals surface area contributed by atoms with Gasteiger partial charge in [-0.3, -0.25) is 5.41 Å². The van der Waals surface area contributed by atoms with Crippen LogP contribution in [0.3, 0.4) is 0 Å². The topological polar surface area (TPSA) is 49.4 Å². The van der Waals surface area contributed by atoms with E-state index in [2.05, 4.69) is 11.1 Å². The molecule has 2 aromatic carbocycles. The van der Waals surface area contributed by atoms with E-state index in [9.17, 15) is 0 Å². The van der Waals surface area contributed by atoms with Crippen LogP contribution in [0.2, 0.25) is 5.02 Å². The van der Waals surface area contributed by atoms with Crippen LogP contribution in [0.4, 0.5) is 0 Å². The maximum absolute atomic E-state index is 8.34. The molecule has 0 saturated heterocycles. The van der Waals surface area contributed by atoms with E-state index in [1.54, 1.807) is 0 Å². The van der Waals surface area contributed by atoms with E-state index in [1.165, 1.54) is 0 Å². The molecule has 4 heteroatoms. The third kappa shape index (κ3) is 3.02. The molecule has 0 spiro atoms. The molecule has 0 aliphatic heterocycles. The molecule has 0 atom stereocenters. The summed E-state index contributed by atoms with van der Waals surface area (Å²) in [5.41, 5.74) is 4.08. The van der Waals surface area contributed by atoms with Crippen molar-refractivity contribution in [3.63, 3.8) is 0 Å². The fraction of sp³-hybridized carbons (Fsp3) is 0.0909. The predicted molar refractivity (Wildman–Crippen MR) is 110 cm³/mol. The summed E-state index contributed by atoms with van der Waals surface area (Å²) in [6.07, 6.45) is 10.8. The maximum atomic E-state index is 8.34. The molecule has 1 heterocycles. The molecular weight excluding hydrogens is 344 g/mol. The summed E-state index contributed by atoms with van der Waals surface area (Å²) < 4.78 is 5.94. The van der Waals surface area contributed by atoms with Gasteiger partial charge in [0, 0.05) is 38.7 Å². The second kappa shape index (κ2) is 6.77. The number of aliphatic imine (C=N–C) groups is 1. The first kappa shape index (κ1) is 16.6. The first-order valence-corrected chi connectivity index (χ1v) is 8.80. The van der Waals surface area contributed by atoms with Gasteiger partial charge in [-0.15, -0.1) is 0 Å². The van der Waals surface area contributed by atoms with Gasteiger partial charge in [-0.2, -0.15) is 0 Å². The molecular formula is C22H17ClN2O. The zero-order valence-electron chi connectivity index (χ0n) is 14.3. The molecule has 0 radical (unpaired) electrons. The Hall–Kier alpha value is -2.91. The maximum Gasteiger partial charge on any atom is 0.152 e. The van der Waals surface area contributed by atoms with Gasteiger partial charge in [0.2, 0.25) is 0 Å². The molecule has 1 aliphatic carbocycles. The number of allylic oxidation sites excluding steroid dienone is 4. The average molecular weight is 361 g/mol. The number of nitrogens with one attached hydrogen (secondary N) is 1. The first-order valence-electron chi connectivity index (χ1n) is 8.42. The molecule has 0 unspecified atom stereocenters. The van der Waals surface area contributed by atoms with Crippen LogP contribution in [-0.2, 0) is 0 Å². The SMILES string of the molecule is C/C(=N\C(=N)C1=CC=CCC=C1)c1cccc2oc3cc(Cl)ccc3c12. The third-order valence-electron chi connectivity index (χ3n) is 4.38. The van der Waals surface area contributed by atoms with Crippen LogP contribution in [0, 0.1) is 5.41 Å². The zero-order chi connectivity index (χ0) is 18.1. The Bertz CT molecular complexity index is 1150. The van der Waals surface area contributed by atoms with Gasteiger partial charge in [0.15, 0.2) is 5.84 Å². The smallest absolute Gasteiger partial charge is 0.152 e. The Kier molecular flexibility index (Phi) is 4.31. The summed E-state index contributed by atoms with van der Waals surface area (Å²) in [5, 5.41) is 11.0. The Morgan fingerprint density at radius 3 is 2.92 bits per heavy atom. The van der Waals surface area contributed by atoms with Crippen molar-refractivity contribution >= 4 is 45.1 Å². The highest BCUT2D eigenvalue weighted by Gasteiger charge is 2.13. The highest BCUT2D eigenvalue weighted by atomic mass is 35.5. The molecule has 1 N–H and O–H groups in total. The second-order valence-electron chi connectivity index (χ2n) is 6.16. The fourth-order valence-corrected chi connectivity index (χ4v) is 3.29. The van der Waals surface area contributed by atoms with E-state index in [1.807, 2.05) is 67.6 Å². The Morgan fingerprint density at radius 2 is 2.04 bits per heavy atom. The number of benzene rings is 2. The van der Waals surface area contributed by atoms with Gasteiger partial charge < -0.3 is 4.42 Å². The van der Waals surface area contributed by atoms with Crippen molar-refractivity contribution < 1.29 is 4.42 Å². The Morgan fingerprint density at radius 1 is 1.15 bits per heavy atom. The molecule has 3 nitrogen and oxygen atoms in total. The standard InChI is InChI=1S/C22H17ClN2O/c1-14(25-22(24)15-7-4-2-3-5-8-15)17-9-6-10-19-21(17)18-12-11-16(23)13-20(18)26-19/h2,4-13,24H,3H2,1H3/b24-22?,25-14+. The highest BCUT2D eigenvalue weighted by molar-refractivity contribution is 6.31. The summed E-state index contributed by atoms with van der Waals surface area (Å²) in [4.78, 5) is 4.55. The van der Waals surface area contributed by atoms with Crippen molar-refractivity contribution in [2.75, 3.05) is 0 Å². The summed E-state index contributed by atoms with van der Waals surface area (Å²) in [7, 11) is 0. The van der Waals surface area contributed by atoms with Crippen molar-refractivity contribution in [3.8, 4) is 0 Å². The number of furan rings is 1. The molecule has 0 amide bonds. The predicted octanol–water partition coefficient (Wildman–Crippen LogP) is 6.47. The quantitative estimate of drug-likeness (QED) is 0.413. The monoisotopic (exact) mass is 360 g/mol. The summed E-state index contributed by atoms with van der Waals surface area (Å²) in [5.74, 6) is 0.248. The minimum absolute atomic E-state index is 0.248. The summed E-state index contributed by atoms with van der Waals surface area (Å²) in [6.45, 7) is 1.93. The van der Waals surface area contributed by atoms with E-state index in [0.29, 0.717) is 5.02 Å². The Labute approximate surface area is 156 Å². The molecule has 128 valence electrons. The normalized spacial score (nSPS) is 14.7. The Balaban J connectivity index is 1.83. The van der Waals surface area contributed by atoms with E-state index in [4.69, 9.17) is 21.4 Å². The van der Waals surface area contributed by atoms with Crippen LogP contribution >= 0.6 is 11.6 Å². The van der Waals surface area contributed by atoms with E-state index < -0.39 is 0 Å². The van der Waals surface area contributed by atoms with E-state index in [0.717, 1.165) is 45.2 Å². The van der Waals surface area contributed by atoms with Crippen molar-refractivity contribution in [1.82, 2.24) is 0 Å².